The number of nitrogen functional groups attached to an aromatic ring is 1. The first-order chi connectivity index (χ1) is 6.77. The lowest BCUT2D eigenvalue weighted by Crippen LogP contribution is -1.95. The van der Waals surface area contributed by atoms with Crippen molar-refractivity contribution in [1.29, 1.82) is 5.26 Å². The molecule has 0 radical (unpaired) electrons. The van der Waals surface area contributed by atoms with Crippen molar-refractivity contribution in [3.8, 4) is 23.8 Å². The van der Waals surface area contributed by atoms with E-state index in [1.54, 1.807) is 12.3 Å². The lowest BCUT2D eigenvalue weighted by atomic mass is 10.2. The van der Waals surface area contributed by atoms with E-state index in [4.69, 9.17) is 15.7 Å². The van der Waals surface area contributed by atoms with Crippen LogP contribution in [0.5, 0.6) is 5.88 Å². The van der Waals surface area contributed by atoms with E-state index in [9.17, 15) is 0 Å². The van der Waals surface area contributed by atoms with Crippen LogP contribution in [0.1, 0.15) is 12.0 Å². The van der Waals surface area contributed by atoms with Crippen molar-refractivity contribution >= 4 is 5.69 Å². The first kappa shape index (κ1) is 9.88. The fraction of sp³-hybridized carbons (Fsp3) is 0.200. The summed E-state index contributed by atoms with van der Waals surface area (Å²) in [6, 6.07) is 3.59. The monoisotopic (exact) mass is 187 g/mol. The minimum Gasteiger partial charge on any atom is -0.480 e. The maximum atomic E-state index is 8.27. The highest BCUT2D eigenvalue weighted by Gasteiger charge is 1.99. The van der Waals surface area contributed by atoms with Gasteiger partial charge in [-0.25, -0.2) is 4.98 Å². The van der Waals surface area contributed by atoms with Crippen molar-refractivity contribution < 1.29 is 4.74 Å². The third kappa shape index (κ3) is 2.40. The van der Waals surface area contributed by atoms with Gasteiger partial charge in [-0.1, -0.05) is 11.8 Å². The molecule has 0 aliphatic carbocycles. The number of nitrogens with zero attached hydrogens (tertiary/aromatic N) is 2. The van der Waals surface area contributed by atoms with Crippen LogP contribution in [0.2, 0.25) is 0 Å². The summed E-state index contributed by atoms with van der Waals surface area (Å²) in [5, 5.41) is 8.27. The molecule has 0 atom stereocenters. The maximum Gasteiger partial charge on any atom is 0.236 e. The normalized spacial score (nSPS) is 8.29. The zero-order valence-electron chi connectivity index (χ0n) is 7.74. The molecule has 0 saturated carbocycles. The van der Waals surface area contributed by atoms with Crippen LogP contribution in [0.25, 0.3) is 0 Å². The second kappa shape index (κ2) is 4.74. The van der Waals surface area contributed by atoms with Crippen LogP contribution in [0, 0.1) is 23.2 Å². The van der Waals surface area contributed by atoms with Gasteiger partial charge in [-0.3, -0.25) is 0 Å². The van der Waals surface area contributed by atoms with E-state index < -0.39 is 0 Å². The molecule has 0 fully saturated rings. The predicted octanol–water partition coefficient (Wildman–Crippen LogP) is 0.938. The summed E-state index contributed by atoms with van der Waals surface area (Å²) in [6.07, 6.45) is 1.76. The molecule has 4 heteroatoms. The summed E-state index contributed by atoms with van der Waals surface area (Å²) < 4.78 is 4.89. The van der Waals surface area contributed by atoms with Crippen molar-refractivity contribution in [3.63, 3.8) is 0 Å². The topological polar surface area (TPSA) is 71.9 Å². The van der Waals surface area contributed by atoms with E-state index >= 15 is 0 Å². The summed E-state index contributed by atoms with van der Waals surface area (Å²) in [4.78, 5) is 3.94. The third-order valence-corrected chi connectivity index (χ3v) is 1.47. The Kier molecular flexibility index (Phi) is 3.34. The average Bonchev–Trinajstić information content (AvgIpc) is 2.18. The highest BCUT2D eigenvalue weighted by molar-refractivity contribution is 5.52. The number of nitrogens with two attached hydrogens (primary N) is 1. The third-order valence-electron chi connectivity index (χ3n) is 1.47. The van der Waals surface area contributed by atoms with Gasteiger partial charge in [0.25, 0.3) is 0 Å². The first-order valence-corrected chi connectivity index (χ1v) is 3.93. The Labute approximate surface area is 82.3 Å². The minimum absolute atomic E-state index is 0.200. The van der Waals surface area contributed by atoms with Gasteiger partial charge in [0, 0.05) is 11.8 Å². The van der Waals surface area contributed by atoms with Crippen LogP contribution >= 0.6 is 0 Å². The summed E-state index contributed by atoms with van der Waals surface area (Å²) in [5.41, 5.74) is 6.74. The number of methoxy groups -OCH3 is 1. The van der Waals surface area contributed by atoms with Crippen LogP contribution in [0.4, 0.5) is 5.69 Å². The van der Waals surface area contributed by atoms with Gasteiger partial charge in [0.15, 0.2) is 0 Å². The number of aromatic nitrogens is 1. The van der Waals surface area contributed by atoms with E-state index in [2.05, 4.69) is 16.8 Å². The molecule has 0 unspecified atom stereocenters. The van der Waals surface area contributed by atoms with E-state index in [1.807, 2.05) is 6.07 Å². The quantitative estimate of drug-likeness (QED) is 0.664. The van der Waals surface area contributed by atoms with E-state index in [0.717, 1.165) is 0 Å². The molecule has 0 amide bonds. The molecule has 4 nitrogen and oxygen atoms in total. The van der Waals surface area contributed by atoms with Crippen LogP contribution in [-0.4, -0.2) is 12.1 Å². The molecule has 1 heterocycles. The molecule has 0 saturated heterocycles. The number of pyridine rings is 1. The van der Waals surface area contributed by atoms with E-state index in [0.29, 0.717) is 17.1 Å². The van der Waals surface area contributed by atoms with Crippen molar-refractivity contribution in [2.24, 2.45) is 0 Å². The van der Waals surface area contributed by atoms with Gasteiger partial charge in [-0.2, -0.15) is 5.26 Å². The Hall–Kier alpha value is -2.20. The van der Waals surface area contributed by atoms with Crippen LogP contribution in [0.15, 0.2) is 12.3 Å². The summed E-state index contributed by atoms with van der Waals surface area (Å²) in [6.45, 7) is 0. The summed E-state index contributed by atoms with van der Waals surface area (Å²) in [7, 11) is 1.50. The van der Waals surface area contributed by atoms with Crippen molar-refractivity contribution in [1.82, 2.24) is 4.98 Å². The molecule has 0 spiro atoms. The van der Waals surface area contributed by atoms with Crippen molar-refractivity contribution in [3.05, 3.63) is 17.8 Å². The standard InChI is InChI=1S/C10H9N3O/c1-14-10-9(12)6-8(7-13-10)4-2-3-5-11/h6-7H,3,12H2,1H3. The number of hydrogen-bond donors (Lipinski definition) is 1. The van der Waals surface area contributed by atoms with Gasteiger partial charge in [-0.05, 0) is 6.07 Å². The number of nitriles is 1. The Bertz CT molecular complexity index is 423. The van der Waals surface area contributed by atoms with Crippen LogP contribution in [-0.2, 0) is 0 Å². The predicted molar refractivity (Wildman–Crippen MR) is 52.3 cm³/mol. The smallest absolute Gasteiger partial charge is 0.236 e. The van der Waals surface area contributed by atoms with Crippen LogP contribution in [0.3, 0.4) is 0 Å². The zero-order valence-corrected chi connectivity index (χ0v) is 7.74. The van der Waals surface area contributed by atoms with Crippen molar-refractivity contribution in [2.75, 3.05) is 12.8 Å². The molecule has 0 bridgehead atoms. The minimum atomic E-state index is 0.200. The fourth-order valence-corrected chi connectivity index (χ4v) is 0.894. The van der Waals surface area contributed by atoms with E-state index in [-0.39, 0.29) is 6.42 Å². The zero-order chi connectivity index (χ0) is 10.4. The molecule has 0 aromatic carbocycles. The number of anilines is 1. The number of rotatable bonds is 1. The highest BCUT2D eigenvalue weighted by Crippen LogP contribution is 2.17. The molecule has 70 valence electrons. The highest BCUT2D eigenvalue weighted by atomic mass is 16.5. The lowest BCUT2D eigenvalue weighted by Gasteiger charge is -2.01. The number of hydrogen-bond acceptors (Lipinski definition) is 4. The average molecular weight is 187 g/mol. The van der Waals surface area contributed by atoms with Gasteiger partial charge in [-0.15, -0.1) is 0 Å². The first-order valence-electron chi connectivity index (χ1n) is 3.93. The molecule has 1 aromatic rings. The second-order valence-electron chi connectivity index (χ2n) is 2.46. The van der Waals surface area contributed by atoms with Gasteiger partial charge < -0.3 is 10.5 Å². The fourth-order valence-electron chi connectivity index (χ4n) is 0.894. The van der Waals surface area contributed by atoms with Crippen LogP contribution < -0.4 is 10.5 Å². The van der Waals surface area contributed by atoms with E-state index in [1.165, 1.54) is 7.11 Å². The van der Waals surface area contributed by atoms with Crippen molar-refractivity contribution in [2.45, 2.75) is 6.42 Å². The Morgan fingerprint density at radius 3 is 3.00 bits per heavy atom. The molecule has 0 aliphatic heterocycles. The molecule has 1 aromatic heterocycles. The summed E-state index contributed by atoms with van der Waals surface area (Å²) >= 11 is 0. The largest absolute Gasteiger partial charge is 0.480 e. The van der Waals surface area contributed by atoms with Gasteiger partial charge in [0.1, 0.15) is 0 Å². The molecule has 0 aliphatic rings. The molecule has 2 N–H and O–H groups in total. The maximum absolute atomic E-state index is 8.27. The Morgan fingerprint density at radius 1 is 1.64 bits per heavy atom. The molecule has 1 rings (SSSR count). The van der Waals surface area contributed by atoms with Gasteiger partial charge >= 0.3 is 0 Å². The second-order valence-corrected chi connectivity index (χ2v) is 2.46. The molecule has 14 heavy (non-hydrogen) atoms. The Balaban J connectivity index is 2.89. The summed E-state index contributed by atoms with van der Waals surface area (Å²) in [5.74, 6) is 5.82. The lowest BCUT2D eigenvalue weighted by molar-refractivity contribution is 0.400. The Morgan fingerprint density at radius 2 is 2.43 bits per heavy atom. The van der Waals surface area contributed by atoms with Gasteiger partial charge in [0.2, 0.25) is 5.88 Å². The van der Waals surface area contributed by atoms with Gasteiger partial charge in [0.05, 0.1) is 25.3 Å². The number of ether oxygens (including phenoxy) is 1. The SMILES string of the molecule is COc1ncc(C#CCC#N)cc1N. The molecular formula is C10H9N3O. The molecular weight excluding hydrogens is 178 g/mol.